The van der Waals surface area contributed by atoms with Crippen LogP contribution in [0.15, 0.2) is 53.1 Å². The summed E-state index contributed by atoms with van der Waals surface area (Å²) in [5, 5.41) is 23.2. The number of benzene rings is 2. The van der Waals surface area contributed by atoms with Crippen molar-refractivity contribution in [2.45, 2.75) is 24.9 Å². The molecule has 0 saturated carbocycles. The Balaban J connectivity index is 1.70. The van der Waals surface area contributed by atoms with Gasteiger partial charge in [0.15, 0.2) is 5.60 Å². The molecule has 3 N–H and O–H groups in total. The first-order valence-electron chi connectivity index (χ1n) is 10.9. The number of hydrogen-bond acceptors (Lipinski definition) is 6. The minimum Gasteiger partial charge on any atom is -0.495 e. The SMILES string of the molecule is COc1cc(C(=O)N2CCC(F)(F)[C@](O)(CO)c3cc(Cl)ccc32)ccc1NC(=O)c1ccoc1C. The Morgan fingerprint density at radius 1 is 1.22 bits per heavy atom. The number of methoxy groups -OCH3 is 1. The highest BCUT2D eigenvalue weighted by atomic mass is 35.5. The third-order valence-corrected chi connectivity index (χ3v) is 6.46. The summed E-state index contributed by atoms with van der Waals surface area (Å²) in [5.74, 6) is -4.25. The van der Waals surface area contributed by atoms with Crippen LogP contribution in [0.1, 0.15) is 38.5 Å². The van der Waals surface area contributed by atoms with E-state index in [9.17, 15) is 28.6 Å². The molecule has 1 aromatic heterocycles. The molecular weight excluding hydrogens is 498 g/mol. The highest BCUT2D eigenvalue weighted by molar-refractivity contribution is 6.30. The molecule has 8 nitrogen and oxygen atoms in total. The molecule has 2 aromatic carbocycles. The standard InChI is InChI=1S/C25H23ClF2N2O6/c1-14-17(7-10-36-14)22(32)29-19-5-3-15(11-21(19)35-2)23(33)30-9-8-25(27,28)24(34,13-31)18-12-16(26)4-6-20(18)30/h3-7,10-12,31,34H,8-9,13H2,1-2H3,(H,29,32)/t24-/m0/s1. The summed E-state index contributed by atoms with van der Waals surface area (Å²) >= 11 is 6.00. The lowest BCUT2D eigenvalue weighted by Gasteiger charge is -2.33. The van der Waals surface area contributed by atoms with Gasteiger partial charge in [0.25, 0.3) is 17.7 Å². The van der Waals surface area contributed by atoms with Gasteiger partial charge in [-0.2, -0.15) is 0 Å². The first kappa shape index (κ1) is 25.6. The summed E-state index contributed by atoms with van der Waals surface area (Å²) in [5.41, 5.74) is -2.61. The largest absolute Gasteiger partial charge is 0.495 e. The van der Waals surface area contributed by atoms with Crippen LogP contribution < -0.4 is 15.0 Å². The minimum atomic E-state index is -3.74. The molecule has 0 saturated heterocycles. The Kier molecular flexibility index (Phi) is 6.78. The van der Waals surface area contributed by atoms with E-state index in [1.165, 1.54) is 49.8 Å². The third-order valence-electron chi connectivity index (χ3n) is 6.22. The van der Waals surface area contributed by atoms with Crippen LogP contribution in [0.25, 0.3) is 0 Å². The molecule has 2 heterocycles. The highest BCUT2D eigenvalue weighted by Crippen LogP contribution is 2.47. The van der Waals surface area contributed by atoms with Gasteiger partial charge in [0.2, 0.25) is 0 Å². The summed E-state index contributed by atoms with van der Waals surface area (Å²) in [6.45, 7) is -0.0709. The van der Waals surface area contributed by atoms with Gasteiger partial charge in [-0.25, -0.2) is 8.78 Å². The lowest BCUT2D eigenvalue weighted by molar-refractivity contribution is -0.205. The summed E-state index contributed by atoms with van der Waals surface area (Å²) < 4.78 is 40.4. The lowest BCUT2D eigenvalue weighted by Crippen LogP contribution is -2.48. The fraction of sp³-hybridized carbons (Fsp3) is 0.280. The number of aryl methyl sites for hydroxylation is 1. The molecule has 190 valence electrons. The van der Waals surface area contributed by atoms with Crippen molar-refractivity contribution in [3.8, 4) is 5.75 Å². The topological polar surface area (TPSA) is 112 Å². The van der Waals surface area contributed by atoms with E-state index in [1.54, 1.807) is 6.92 Å². The van der Waals surface area contributed by atoms with Crippen molar-refractivity contribution in [2.24, 2.45) is 0 Å². The second kappa shape index (κ2) is 9.53. The zero-order valence-electron chi connectivity index (χ0n) is 19.3. The number of alkyl halides is 2. The molecule has 36 heavy (non-hydrogen) atoms. The van der Waals surface area contributed by atoms with Gasteiger partial charge in [-0.3, -0.25) is 9.59 Å². The van der Waals surface area contributed by atoms with Gasteiger partial charge in [0, 0.05) is 29.1 Å². The number of amides is 2. The Morgan fingerprint density at radius 2 is 1.97 bits per heavy atom. The van der Waals surface area contributed by atoms with E-state index < -0.39 is 42.9 Å². The van der Waals surface area contributed by atoms with Gasteiger partial charge in [0.1, 0.15) is 11.5 Å². The fourth-order valence-corrected chi connectivity index (χ4v) is 4.33. The fourth-order valence-electron chi connectivity index (χ4n) is 4.16. The van der Waals surface area contributed by atoms with Crippen molar-refractivity contribution in [1.82, 2.24) is 0 Å². The number of carbonyl (C=O) groups excluding carboxylic acids is 2. The summed E-state index contributed by atoms with van der Waals surface area (Å²) in [4.78, 5) is 27.1. The predicted molar refractivity (Wildman–Crippen MR) is 128 cm³/mol. The molecule has 0 radical (unpaired) electrons. The van der Waals surface area contributed by atoms with Gasteiger partial charge < -0.3 is 29.6 Å². The van der Waals surface area contributed by atoms with Gasteiger partial charge in [-0.15, -0.1) is 0 Å². The normalized spacial score (nSPS) is 18.8. The smallest absolute Gasteiger partial charge is 0.284 e. The highest BCUT2D eigenvalue weighted by Gasteiger charge is 2.56. The molecule has 3 aromatic rings. The second-order valence-electron chi connectivity index (χ2n) is 8.35. The molecular formula is C25H23ClF2N2O6. The van der Waals surface area contributed by atoms with Crippen LogP contribution in [0.5, 0.6) is 5.75 Å². The average Bonchev–Trinajstić information content (AvgIpc) is 3.26. The lowest BCUT2D eigenvalue weighted by atomic mass is 9.86. The first-order chi connectivity index (χ1) is 17.0. The molecule has 1 aliphatic rings. The van der Waals surface area contributed by atoms with E-state index in [2.05, 4.69) is 5.32 Å². The van der Waals surface area contributed by atoms with Crippen LogP contribution in [-0.2, 0) is 5.60 Å². The zero-order valence-corrected chi connectivity index (χ0v) is 20.1. The molecule has 2 amide bonds. The van der Waals surface area contributed by atoms with E-state index >= 15 is 0 Å². The van der Waals surface area contributed by atoms with Crippen molar-refractivity contribution in [3.63, 3.8) is 0 Å². The van der Waals surface area contributed by atoms with Crippen molar-refractivity contribution in [3.05, 3.63) is 76.2 Å². The van der Waals surface area contributed by atoms with E-state index in [-0.39, 0.29) is 33.3 Å². The van der Waals surface area contributed by atoms with Crippen molar-refractivity contribution in [2.75, 3.05) is 30.5 Å². The van der Waals surface area contributed by atoms with Crippen LogP contribution in [0.3, 0.4) is 0 Å². The molecule has 0 fully saturated rings. The van der Waals surface area contributed by atoms with E-state index in [0.29, 0.717) is 11.3 Å². The molecule has 0 unspecified atom stereocenters. The second-order valence-corrected chi connectivity index (χ2v) is 8.79. The number of fused-ring (bicyclic) bond motifs is 1. The molecule has 0 bridgehead atoms. The molecule has 4 rings (SSSR count). The van der Waals surface area contributed by atoms with Crippen molar-refractivity contribution < 1.29 is 37.7 Å². The summed E-state index contributed by atoms with van der Waals surface area (Å²) in [6.07, 6.45) is 0.480. The van der Waals surface area contributed by atoms with Crippen LogP contribution in [0.2, 0.25) is 5.02 Å². The Bertz CT molecular complexity index is 1330. The number of hydrogen-bond donors (Lipinski definition) is 3. The quantitative estimate of drug-likeness (QED) is 0.460. The van der Waals surface area contributed by atoms with E-state index in [1.807, 2.05) is 0 Å². The molecule has 1 atom stereocenters. The van der Waals surface area contributed by atoms with Crippen LogP contribution in [-0.4, -0.2) is 48.2 Å². The first-order valence-corrected chi connectivity index (χ1v) is 11.3. The number of halogens is 3. The van der Waals surface area contributed by atoms with Gasteiger partial charge in [-0.05, 0) is 49.4 Å². The molecule has 1 aliphatic heterocycles. The number of ether oxygens (including phenoxy) is 1. The van der Waals surface area contributed by atoms with Gasteiger partial charge in [-0.1, -0.05) is 11.6 Å². The van der Waals surface area contributed by atoms with Crippen LogP contribution in [0.4, 0.5) is 20.2 Å². The number of aliphatic hydroxyl groups is 2. The molecule has 0 aliphatic carbocycles. The van der Waals surface area contributed by atoms with Gasteiger partial charge >= 0.3 is 0 Å². The number of anilines is 2. The third kappa shape index (κ3) is 4.32. The molecule has 11 heteroatoms. The number of rotatable bonds is 5. The van der Waals surface area contributed by atoms with Crippen molar-refractivity contribution in [1.29, 1.82) is 0 Å². The van der Waals surface area contributed by atoms with Crippen LogP contribution in [0, 0.1) is 6.92 Å². The Labute approximate surface area is 210 Å². The number of furan rings is 1. The van der Waals surface area contributed by atoms with E-state index in [4.69, 9.17) is 20.8 Å². The monoisotopic (exact) mass is 520 g/mol. The zero-order chi connectivity index (χ0) is 26.3. The van der Waals surface area contributed by atoms with Crippen molar-refractivity contribution >= 4 is 34.8 Å². The number of nitrogens with one attached hydrogen (secondary N) is 1. The maximum Gasteiger partial charge on any atom is 0.284 e. The maximum absolute atomic E-state index is 14.9. The summed E-state index contributed by atoms with van der Waals surface area (Å²) in [7, 11) is 1.35. The number of nitrogens with zero attached hydrogens (tertiary/aromatic N) is 1. The van der Waals surface area contributed by atoms with Gasteiger partial charge in [0.05, 0.1) is 36.9 Å². The maximum atomic E-state index is 14.9. The summed E-state index contributed by atoms with van der Waals surface area (Å²) in [6, 6.07) is 9.62. The Morgan fingerprint density at radius 3 is 2.61 bits per heavy atom. The Hall–Kier alpha value is -3.47. The predicted octanol–water partition coefficient (Wildman–Crippen LogP) is 4.37. The van der Waals surface area contributed by atoms with E-state index in [0.717, 1.165) is 11.0 Å². The number of carbonyl (C=O) groups is 2. The minimum absolute atomic E-state index is 0.00935. The van der Waals surface area contributed by atoms with Crippen LogP contribution >= 0.6 is 11.6 Å². The number of aliphatic hydroxyl groups excluding tert-OH is 1. The average molecular weight is 521 g/mol. The molecule has 0 spiro atoms.